The molecule has 6 nitrogen and oxygen atoms in total. The normalized spacial score (nSPS) is 29.4. The molecule has 0 bridgehead atoms. The van der Waals surface area contributed by atoms with Gasteiger partial charge < -0.3 is 20.0 Å². The van der Waals surface area contributed by atoms with Crippen molar-refractivity contribution in [3.8, 4) is 0 Å². The monoisotopic (exact) mass is 270 g/mol. The van der Waals surface area contributed by atoms with Crippen LogP contribution in [0.15, 0.2) is 0 Å². The first kappa shape index (κ1) is 14.1. The number of carbonyl (C=O) groups is 2. The first-order chi connectivity index (χ1) is 9.00. The lowest BCUT2D eigenvalue weighted by Crippen LogP contribution is -2.57. The van der Waals surface area contributed by atoms with Crippen molar-refractivity contribution in [1.29, 1.82) is 0 Å². The molecule has 108 valence electrons. The number of rotatable bonds is 1. The Morgan fingerprint density at radius 3 is 2.32 bits per heavy atom. The molecular weight excluding hydrogens is 248 g/mol. The van der Waals surface area contributed by atoms with Crippen LogP contribution in [-0.4, -0.2) is 63.8 Å². The van der Waals surface area contributed by atoms with Crippen molar-refractivity contribution in [2.24, 2.45) is 5.92 Å². The first-order valence-corrected chi connectivity index (χ1v) is 6.97. The largest absolute Gasteiger partial charge is 0.480 e. The Morgan fingerprint density at radius 1 is 1.11 bits per heavy atom. The molecule has 0 spiro atoms. The quantitative estimate of drug-likeness (QED) is 0.736. The van der Waals surface area contributed by atoms with Gasteiger partial charge in [-0.25, -0.2) is 9.59 Å². The van der Waals surface area contributed by atoms with Crippen LogP contribution in [0.3, 0.4) is 0 Å². The van der Waals surface area contributed by atoms with Gasteiger partial charge in [-0.2, -0.15) is 0 Å². The van der Waals surface area contributed by atoms with Gasteiger partial charge in [0.2, 0.25) is 0 Å². The molecule has 19 heavy (non-hydrogen) atoms. The predicted octanol–water partition coefficient (Wildman–Crippen LogP) is 0.748. The molecule has 0 radical (unpaired) electrons. The van der Waals surface area contributed by atoms with E-state index in [-0.39, 0.29) is 18.1 Å². The zero-order chi connectivity index (χ0) is 14.0. The summed E-state index contributed by atoms with van der Waals surface area (Å²) < 4.78 is 0. The fourth-order valence-electron chi connectivity index (χ4n) is 3.02. The predicted molar refractivity (Wildman–Crippen MR) is 68.7 cm³/mol. The van der Waals surface area contributed by atoms with Crippen LogP contribution in [0.25, 0.3) is 0 Å². The Kier molecular flexibility index (Phi) is 4.29. The molecule has 2 heterocycles. The van der Waals surface area contributed by atoms with Gasteiger partial charge in [0, 0.05) is 19.6 Å². The van der Waals surface area contributed by atoms with Crippen molar-refractivity contribution >= 4 is 12.0 Å². The molecule has 2 unspecified atom stereocenters. The van der Waals surface area contributed by atoms with E-state index in [4.69, 9.17) is 0 Å². The van der Waals surface area contributed by atoms with Gasteiger partial charge in [-0.1, -0.05) is 6.92 Å². The summed E-state index contributed by atoms with van der Waals surface area (Å²) in [6.45, 7) is 3.42. The van der Waals surface area contributed by atoms with Crippen LogP contribution in [0.4, 0.5) is 4.79 Å². The van der Waals surface area contributed by atoms with Gasteiger partial charge in [-0.15, -0.1) is 0 Å². The van der Waals surface area contributed by atoms with Crippen LogP contribution in [-0.2, 0) is 4.79 Å². The zero-order valence-electron chi connectivity index (χ0n) is 11.3. The van der Waals surface area contributed by atoms with Crippen LogP contribution in [0, 0.1) is 5.92 Å². The molecule has 0 aliphatic carbocycles. The second-order valence-corrected chi connectivity index (χ2v) is 5.60. The third-order valence-corrected chi connectivity index (χ3v) is 4.17. The number of amides is 2. The van der Waals surface area contributed by atoms with Gasteiger partial charge in [-0.3, -0.25) is 0 Å². The molecule has 6 heteroatoms. The third kappa shape index (κ3) is 3.00. The molecule has 2 fully saturated rings. The van der Waals surface area contributed by atoms with Crippen molar-refractivity contribution in [3.05, 3.63) is 0 Å². The van der Waals surface area contributed by atoms with E-state index in [9.17, 15) is 19.8 Å². The fourth-order valence-corrected chi connectivity index (χ4v) is 3.02. The van der Waals surface area contributed by atoms with Crippen molar-refractivity contribution in [1.82, 2.24) is 9.80 Å². The number of aliphatic hydroxyl groups is 1. The summed E-state index contributed by atoms with van der Waals surface area (Å²) in [5.74, 6) is -0.928. The highest BCUT2D eigenvalue weighted by molar-refractivity contribution is 5.83. The maximum Gasteiger partial charge on any atom is 0.326 e. The topological polar surface area (TPSA) is 81.1 Å². The van der Waals surface area contributed by atoms with Gasteiger partial charge in [0.05, 0.1) is 6.10 Å². The Labute approximate surface area is 113 Å². The number of urea groups is 1. The number of carbonyl (C=O) groups excluding carboxylic acids is 1. The van der Waals surface area contributed by atoms with Crippen LogP contribution in [0.2, 0.25) is 0 Å². The molecule has 2 aliphatic heterocycles. The molecule has 2 rings (SSSR count). The smallest absolute Gasteiger partial charge is 0.326 e. The van der Waals surface area contributed by atoms with E-state index in [1.54, 1.807) is 4.90 Å². The van der Waals surface area contributed by atoms with Gasteiger partial charge in [0.15, 0.2) is 0 Å². The molecule has 0 saturated carbocycles. The highest BCUT2D eigenvalue weighted by Gasteiger charge is 2.39. The number of nitrogens with zero attached hydrogens (tertiary/aromatic N) is 2. The summed E-state index contributed by atoms with van der Waals surface area (Å²) in [5, 5.41) is 18.8. The second kappa shape index (κ2) is 5.77. The van der Waals surface area contributed by atoms with Gasteiger partial charge in [-0.05, 0) is 31.6 Å². The number of hydrogen-bond acceptors (Lipinski definition) is 3. The standard InChI is InChI=1S/C13H22N2O4/c1-9-3-2-6-15(11(9)12(17)18)13(19)14-7-4-10(16)5-8-14/h9-11,16H,2-8H2,1H3,(H,17,18). The minimum absolute atomic E-state index is 0.00872. The Morgan fingerprint density at radius 2 is 1.74 bits per heavy atom. The van der Waals surface area contributed by atoms with Crippen LogP contribution < -0.4 is 0 Å². The lowest BCUT2D eigenvalue weighted by atomic mass is 9.91. The molecule has 2 aliphatic rings. The maximum absolute atomic E-state index is 12.4. The zero-order valence-corrected chi connectivity index (χ0v) is 11.3. The minimum Gasteiger partial charge on any atom is -0.480 e. The molecule has 2 amide bonds. The molecular formula is C13H22N2O4. The maximum atomic E-state index is 12.4. The summed E-state index contributed by atoms with van der Waals surface area (Å²) in [4.78, 5) is 27.0. The summed E-state index contributed by atoms with van der Waals surface area (Å²) in [6.07, 6.45) is 2.52. The highest BCUT2D eigenvalue weighted by Crippen LogP contribution is 2.25. The number of piperidine rings is 2. The van der Waals surface area contributed by atoms with E-state index in [1.165, 1.54) is 4.90 Å². The van der Waals surface area contributed by atoms with Gasteiger partial charge in [0.25, 0.3) is 0 Å². The van der Waals surface area contributed by atoms with Crippen molar-refractivity contribution in [2.75, 3.05) is 19.6 Å². The Bertz CT molecular complexity index is 353. The molecule has 2 atom stereocenters. The summed E-state index contributed by atoms with van der Waals surface area (Å²) in [7, 11) is 0. The van der Waals surface area contributed by atoms with Crippen LogP contribution in [0.1, 0.15) is 32.6 Å². The molecule has 0 aromatic carbocycles. The lowest BCUT2D eigenvalue weighted by Gasteiger charge is -2.41. The number of carboxylic acid groups (broad SMARTS) is 1. The third-order valence-electron chi connectivity index (χ3n) is 4.17. The lowest BCUT2D eigenvalue weighted by molar-refractivity contribution is -0.145. The van der Waals surface area contributed by atoms with Gasteiger partial charge >= 0.3 is 12.0 Å². The van der Waals surface area contributed by atoms with Crippen molar-refractivity contribution in [3.63, 3.8) is 0 Å². The number of hydrogen-bond donors (Lipinski definition) is 2. The summed E-state index contributed by atoms with van der Waals surface area (Å²) >= 11 is 0. The van der Waals surface area contributed by atoms with E-state index in [0.29, 0.717) is 32.5 Å². The van der Waals surface area contributed by atoms with E-state index in [1.807, 2.05) is 6.92 Å². The van der Waals surface area contributed by atoms with E-state index in [0.717, 1.165) is 12.8 Å². The average Bonchev–Trinajstić information content (AvgIpc) is 2.38. The Balaban J connectivity index is 2.05. The van der Waals surface area contributed by atoms with E-state index >= 15 is 0 Å². The second-order valence-electron chi connectivity index (χ2n) is 5.60. The number of aliphatic carboxylic acids is 1. The molecule has 0 aromatic rings. The SMILES string of the molecule is CC1CCCN(C(=O)N2CCC(O)CC2)C1C(=O)O. The molecule has 2 saturated heterocycles. The minimum atomic E-state index is -0.919. The molecule has 2 N–H and O–H groups in total. The highest BCUT2D eigenvalue weighted by atomic mass is 16.4. The van der Waals surface area contributed by atoms with Crippen molar-refractivity contribution < 1.29 is 19.8 Å². The van der Waals surface area contributed by atoms with Crippen LogP contribution >= 0.6 is 0 Å². The number of carboxylic acids is 1. The summed E-state index contributed by atoms with van der Waals surface area (Å²) in [6, 6.07) is -0.904. The molecule has 0 aromatic heterocycles. The first-order valence-electron chi connectivity index (χ1n) is 6.97. The van der Waals surface area contributed by atoms with Crippen molar-refractivity contribution in [2.45, 2.75) is 44.8 Å². The Hall–Kier alpha value is -1.30. The van der Waals surface area contributed by atoms with Crippen LogP contribution in [0.5, 0.6) is 0 Å². The number of aliphatic hydroxyl groups excluding tert-OH is 1. The number of likely N-dealkylation sites (tertiary alicyclic amines) is 2. The summed E-state index contributed by atoms with van der Waals surface area (Å²) in [5.41, 5.74) is 0. The van der Waals surface area contributed by atoms with Gasteiger partial charge in [0.1, 0.15) is 6.04 Å². The fraction of sp³-hybridized carbons (Fsp3) is 0.846. The van der Waals surface area contributed by atoms with E-state index < -0.39 is 12.0 Å². The average molecular weight is 270 g/mol. The van der Waals surface area contributed by atoms with E-state index in [2.05, 4.69) is 0 Å².